The van der Waals surface area contributed by atoms with E-state index in [4.69, 9.17) is 11.6 Å². The second kappa shape index (κ2) is 8.30. The zero-order valence-corrected chi connectivity index (χ0v) is 17.3. The largest absolute Gasteiger partial charge is 0.322 e. The van der Waals surface area contributed by atoms with Crippen LogP contribution in [0.25, 0.3) is 0 Å². The molecule has 5 nitrogen and oxygen atoms in total. The van der Waals surface area contributed by atoms with Crippen molar-refractivity contribution in [1.82, 2.24) is 0 Å². The highest BCUT2D eigenvalue weighted by Crippen LogP contribution is 2.25. The smallest absolute Gasteiger partial charge is 0.262 e. The topological polar surface area (TPSA) is 75.3 Å². The van der Waals surface area contributed by atoms with E-state index in [1.165, 1.54) is 42.5 Å². The van der Waals surface area contributed by atoms with Crippen molar-refractivity contribution < 1.29 is 17.6 Å². The third-order valence-corrected chi connectivity index (χ3v) is 6.08. The van der Waals surface area contributed by atoms with Crippen LogP contribution in [0.3, 0.4) is 0 Å². The number of hydrogen-bond donors (Lipinski definition) is 2. The first-order chi connectivity index (χ1) is 13.3. The van der Waals surface area contributed by atoms with Crippen molar-refractivity contribution in [1.29, 1.82) is 0 Å². The van der Waals surface area contributed by atoms with Gasteiger partial charge in [-0.25, -0.2) is 12.8 Å². The van der Waals surface area contributed by atoms with Crippen LogP contribution in [-0.4, -0.2) is 14.3 Å². The maximum absolute atomic E-state index is 13.4. The molecule has 0 radical (unpaired) electrons. The van der Waals surface area contributed by atoms with Gasteiger partial charge in [0.1, 0.15) is 5.82 Å². The fourth-order valence-electron chi connectivity index (χ4n) is 2.36. The highest BCUT2D eigenvalue weighted by atomic mass is 79.9. The molecule has 0 aliphatic rings. The summed E-state index contributed by atoms with van der Waals surface area (Å²) in [5.74, 6) is -1.14. The number of anilines is 2. The van der Waals surface area contributed by atoms with Gasteiger partial charge < -0.3 is 5.32 Å². The van der Waals surface area contributed by atoms with Gasteiger partial charge in [0.2, 0.25) is 0 Å². The lowest BCUT2D eigenvalue weighted by molar-refractivity contribution is 0.102. The van der Waals surface area contributed by atoms with Crippen molar-refractivity contribution in [3.8, 4) is 0 Å². The maximum Gasteiger partial charge on any atom is 0.262 e. The first-order valence-corrected chi connectivity index (χ1v) is 10.6. The summed E-state index contributed by atoms with van der Waals surface area (Å²) in [6.45, 7) is 0. The van der Waals surface area contributed by atoms with Gasteiger partial charge in [0.25, 0.3) is 15.9 Å². The van der Waals surface area contributed by atoms with Crippen molar-refractivity contribution >= 4 is 54.8 Å². The zero-order chi connectivity index (χ0) is 20.3. The van der Waals surface area contributed by atoms with Crippen LogP contribution < -0.4 is 10.0 Å². The van der Waals surface area contributed by atoms with Gasteiger partial charge in [-0.15, -0.1) is 0 Å². The molecule has 144 valence electrons. The van der Waals surface area contributed by atoms with Crippen LogP contribution in [0.2, 0.25) is 5.02 Å². The summed E-state index contributed by atoms with van der Waals surface area (Å²) in [6.07, 6.45) is 0. The Labute approximate surface area is 174 Å². The molecular weight excluding hydrogens is 471 g/mol. The van der Waals surface area contributed by atoms with E-state index in [1.807, 2.05) is 0 Å². The Morgan fingerprint density at radius 3 is 2.50 bits per heavy atom. The molecule has 3 aromatic rings. The van der Waals surface area contributed by atoms with Gasteiger partial charge in [0, 0.05) is 10.2 Å². The van der Waals surface area contributed by atoms with Crippen molar-refractivity contribution in [2.24, 2.45) is 0 Å². The van der Waals surface area contributed by atoms with Crippen molar-refractivity contribution in [2.75, 3.05) is 10.0 Å². The summed E-state index contributed by atoms with van der Waals surface area (Å²) in [7, 11) is -3.93. The summed E-state index contributed by atoms with van der Waals surface area (Å²) >= 11 is 9.18. The number of rotatable bonds is 5. The molecule has 0 fully saturated rings. The lowest BCUT2D eigenvalue weighted by Gasteiger charge is -2.11. The van der Waals surface area contributed by atoms with E-state index in [0.717, 1.165) is 6.07 Å². The van der Waals surface area contributed by atoms with Crippen LogP contribution in [0, 0.1) is 5.82 Å². The minimum absolute atomic E-state index is 0.0662. The number of carbonyl (C=O) groups excluding carboxylic acids is 1. The number of hydrogen-bond acceptors (Lipinski definition) is 3. The lowest BCUT2D eigenvalue weighted by atomic mass is 10.2. The summed E-state index contributed by atoms with van der Waals surface area (Å²) in [5, 5.41) is 2.82. The number of carbonyl (C=O) groups is 1. The molecular formula is C19H13BrClFN2O3S. The molecule has 0 heterocycles. The maximum atomic E-state index is 13.4. The zero-order valence-electron chi connectivity index (χ0n) is 14.1. The second-order valence-corrected chi connectivity index (χ2v) is 8.64. The Balaban J connectivity index is 1.85. The van der Waals surface area contributed by atoms with Crippen LogP contribution in [0.1, 0.15) is 10.4 Å². The van der Waals surface area contributed by atoms with E-state index in [9.17, 15) is 17.6 Å². The van der Waals surface area contributed by atoms with Gasteiger partial charge >= 0.3 is 0 Å². The minimum atomic E-state index is -3.93. The third-order valence-electron chi connectivity index (χ3n) is 3.69. The number of para-hydroxylation sites is 1. The molecule has 0 saturated carbocycles. The predicted octanol–water partition coefficient (Wildman–Crippen LogP) is 5.29. The van der Waals surface area contributed by atoms with Crippen LogP contribution in [0.4, 0.5) is 15.8 Å². The molecule has 0 saturated heterocycles. The van der Waals surface area contributed by atoms with E-state index < -0.39 is 21.7 Å². The number of benzene rings is 3. The molecule has 9 heteroatoms. The quantitative estimate of drug-likeness (QED) is 0.517. The van der Waals surface area contributed by atoms with Crippen LogP contribution >= 0.6 is 27.5 Å². The number of halogens is 3. The minimum Gasteiger partial charge on any atom is -0.322 e. The van der Waals surface area contributed by atoms with E-state index in [-0.39, 0.29) is 26.9 Å². The highest BCUT2D eigenvalue weighted by molar-refractivity contribution is 9.10. The van der Waals surface area contributed by atoms with Gasteiger partial charge in [0.05, 0.1) is 21.2 Å². The SMILES string of the molecule is O=C(Nc1cccc(S(=O)(=O)Nc2ccccc2Cl)c1)c1cc(F)ccc1Br. The first-order valence-electron chi connectivity index (χ1n) is 7.90. The fourth-order valence-corrected chi connectivity index (χ4v) is 4.15. The van der Waals surface area contributed by atoms with Gasteiger partial charge in [-0.3, -0.25) is 9.52 Å². The van der Waals surface area contributed by atoms with Crippen molar-refractivity contribution in [2.45, 2.75) is 4.90 Å². The summed E-state index contributed by atoms with van der Waals surface area (Å²) in [4.78, 5) is 12.3. The Kier molecular flexibility index (Phi) is 6.02. The lowest BCUT2D eigenvalue weighted by Crippen LogP contribution is -2.15. The third kappa shape index (κ3) is 4.70. The number of amides is 1. The average molecular weight is 484 g/mol. The molecule has 3 rings (SSSR count). The molecule has 2 N–H and O–H groups in total. The Bertz CT molecular complexity index is 1160. The van der Waals surface area contributed by atoms with Gasteiger partial charge in [0.15, 0.2) is 0 Å². The monoisotopic (exact) mass is 482 g/mol. The molecule has 0 aromatic heterocycles. The second-order valence-electron chi connectivity index (χ2n) is 5.69. The van der Waals surface area contributed by atoms with Crippen molar-refractivity contribution in [3.05, 3.63) is 87.6 Å². The van der Waals surface area contributed by atoms with E-state index in [1.54, 1.807) is 18.2 Å². The first kappa shape index (κ1) is 20.3. The van der Waals surface area contributed by atoms with Crippen LogP contribution in [0.15, 0.2) is 76.1 Å². The number of sulfonamides is 1. The Hall–Kier alpha value is -2.42. The van der Waals surface area contributed by atoms with Crippen LogP contribution in [-0.2, 0) is 10.0 Å². The summed E-state index contributed by atoms with van der Waals surface area (Å²) < 4.78 is 41.5. The normalized spacial score (nSPS) is 11.1. The molecule has 1 amide bonds. The van der Waals surface area contributed by atoms with Gasteiger partial charge in [-0.05, 0) is 64.5 Å². The Morgan fingerprint density at radius 2 is 1.75 bits per heavy atom. The van der Waals surface area contributed by atoms with Gasteiger partial charge in [-0.2, -0.15) is 0 Å². The summed E-state index contributed by atoms with van der Waals surface area (Å²) in [6, 6.07) is 15.8. The average Bonchev–Trinajstić information content (AvgIpc) is 2.65. The fraction of sp³-hybridized carbons (Fsp3) is 0. The number of nitrogens with one attached hydrogen (secondary N) is 2. The Morgan fingerprint density at radius 1 is 1.00 bits per heavy atom. The molecule has 0 spiro atoms. The molecule has 28 heavy (non-hydrogen) atoms. The molecule has 0 aliphatic heterocycles. The van der Waals surface area contributed by atoms with Crippen molar-refractivity contribution in [3.63, 3.8) is 0 Å². The van der Waals surface area contributed by atoms with Crippen LogP contribution in [0.5, 0.6) is 0 Å². The van der Waals surface area contributed by atoms with E-state index >= 15 is 0 Å². The standard InChI is InChI=1S/C19H13BrClFN2O3S/c20-16-9-8-12(22)10-15(16)19(25)23-13-4-3-5-14(11-13)28(26,27)24-18-7-2-1-6-17(18)21/h1-11,24H,(H,23,25). The predicted molar refractivity (Wildman–Crippen MR) is 111 cm³/mol. The van der Waals surface area contributed by atoms with Gasteiger partial charge in [-0.1, -0.05) is 29.8 Å². The highest BCUT2D eigenvalue weighted by Gasteiger charge is 2.17. The molecule has 3 aromatic carbocycles. The summed E-state index contributed by atoms with van der Waals surface area (Å²) in [5.41, 5.74) is 0.563. The van der Waals surface area contributed by atoms with E-state index in [0.29, 0.717) is 4.47 Å². The van der Waals surface area contributed by atoms with E-state index in [2.05, 4.69) is 26.0 Å². The molecule has 0 atom stereocenters. The molecule has 0 unspecified atom stereocenters. The molecule has 0 aliphatic carbocycles. The molecule has 0 bridgehead atoms.